The van der Waals surface area contributed by atoms with Crippen LogP contribution < -0.4 is 10.6 Å². The monoisotopic (exact) mass is 457 g/mol. The summed E-state index contributed by atoms with van der Waals surface area (Å²) in [6.07, 6.45) is 0. The molecule has 1 fully saturated rings. The minimum absolute atomic E-state index is 0.279. The fourth-order valence-corrected chi connectivity index (χ4v) is 5.03. The molecule has 0 saturated carbocycles. The summed E-state index contributed by atoms with van der Waals surface area (Å²) in [6, 6.07) is 37.0. The maximum Gasteiger partial charge on any atom is 0.297 e. The lowest BCUT2D eigenvalue weighted by atomic mass is 9.87. The van der Waals surface area contributed by atoms with Gasteiger partial charge in [-0.1, -0.05) is 103 Å². The summed E-state index contributed by atoms with van der Waals surface area (Å²) in [6.45, 7) is 0.279. The molecule has 4 aromatic rings. The summed E-state index contributed by atoms with van der Waals surface area (Å²) in [5.74, 6) is -1.05. The number of fused-ring (bicyclic) bond motifs is 2. The SMILES string of the molecule is O=C1C(=O)N(Cc2ccccc2)C2(c3ccccc3)Nc3ccccc3NC(c3ccccc3)=C12. The number of benzene rings is 4. The van der Waals surface area contributed by atoms with E-state index in [1.807, 2.05) is 115 Å². The van der Waals surface area contributed by atoms with E-state index in [0.29, 0.717) is 11.3 Å². The number of para-hydroxylation sites is 2. The Bertz CT molecular complexity index is 1450. The first-order chi connectivity index (χ1) is 17.2. The molecule has 0 radical (unpaired) electrons. The van der Waals surface area contributed by atoms with E-state index in [1.54, 1.807) is 4.90 Å². The normalized spacial score (nSPS) is 18.9. The number of nitrogens with zero attached hydrogens (tertiary/aromatic N) is 1. The van der Waals surface area contributed by atoms with Gasteiger partial charge in [0.05, 0.1) is 22.6 Å². The molecule has 2 heterocycles. The molecule has 1 unspecified atom stereocenters. The lowest BCUT2D eigenvalue weighted by Crippen LogP contribution is -2.49. The van der Waals surface area contributed by atoms with Crippen LogP contribution in [0.4, 0.5) is 11.4 Å². The van der Waals surface area contributed by atoms with Crippen LogP contribution in [0.1, 0.15) is 16.7 Å². The van der Waals surface area contributed by atoms with Crippen molar-refractivity contribution < 1.29 is 9.59 Å². The standard InChI is InChI=1S/C30H23N3O2/c34-28-26-27(22-14-6-2-7-15-22)31-24-18-10-11-19-25(24)32-30(26,23-16-8-3-9-17-23)33(29(28)35)20-21-12-4-1-5-13-21/h1-19,31-32H,20H2. The molecule has 2 aliphatic rings. The molecule has 0 aromatic heterocycles. The number of anilines is 2. The van der Waals surface area contributed by atoms with Gasteiger partial charge in [0.25, 0.3) is 11.7 Å². The third-order valence-electron chi connectivity index (χ3n) is 6.62. The van der Waals surface area contributed by atoms with Crippen molar-refractivity contribution in [3.8, 4) is 0 Å². The highest BCUT2D eigenvalue weighted by Crippen LogP contribution is 2.49. The molecular formula is C30H23N3O2. The van der Waals surface area contributed by atoms with E-state index in [1.165, 1.54) is 0 Å². The van der Waals surface area contributed by atoms with Crippen LogP contribution in [0, 0.1) is 0 Å². The Balaban J connectivity index is 1.69. The Morgan fingerprint density at radius 3 is 1.91 bits per heavy atom. The van der Waals surface area contributed by atoms with Gasteiger partial charge in [-0.05, 0) is 23.3 Å². The van der Waals surface area contributed by atoms with Crippen molar-refractivity contribution in [1.82, 2.24) is 4.90 Å². The number of carbonyl (C=O) groups excluding carboxylic acids is 2. The summed E-state index contributed by atoms with van der Waals surface area (Å²) < 4.78 is 0. The molecule has 0 bridgehead atoms. The number of hydrogen-bond acceptors (Lipinski definition) is 4. The second-order valence-electron chi connectivity index (χ2n) is 8.69. The van der Waals surface area contributed by atoms with Gasteiger partial charge in [0.2, 0.25) is 0 Å². The number of hydrogen-bond donors (Lipinski definition) is 2. The zero-order valence-corrected chi connectivity index (χ0v) is 18.9. The van der Waals surface area contributed by atoms with Crippen molar-refractivity contribution in [3.05, 3.63) is 138 Å². The fraction of sp³-hybridized carbons (Fsp3) is 0.0667. The first-order valence-electron chi connectivity index (χ1n) is 11.6. The van der Waals surface area contributed by atoms with E-state index in [9.17, 15) is 9.59 Å². The minimum atomic E-state index is -1.20. The van der Waals surface area contributed by atoms with Crippen molar-refractivity contribution in [1.29, 1.82) is 0 Å². The van der Waals surface area contributed by atoms with Gasteiger partial charge in [0.15, 0.2) is 5.66 Å². The van der Waals surface area contributed by atoms with Gasteiger partial charge in [0, 0.05) is 12.1 Å². The first kappa shape index (κ1) is 20.9. The zero-order chi connectivity index (χ0) is 23.8. The van der Waals surface area contributed by atoms with Gasteiger partial charge in [-0.2, -0.15) is 0 Å². The van der Waals surface area contributed by atoms with E-state index < -0.39 is 17.4 Å². The Hall–Kier alpha value is -4.64. The number of likely N-dealkylation sites (tertiary alicyclic amines) is 1. The molecule has 5 nitrogen and oxygen atoms in total. The lowest BCUT2D eigenvalue weighted by Gasteiger charge is -2.40. The highest BCUT2D eigenvalue weighted by atomic mass is 16.2. The largest absolute Gasteiger partial charge is 0.353 e. The van der Waals surface area contributed by atoms with Gasteiger partial charge in [0.1, 0.15) is 0 Å². The molecule has 170 valence electrons. The molecule has 1 saturated heterocycles. The van der Waals surface area contributed by atoms with E-state index >= 15 is 0 Å². The molecule has 35 heavy (non-hydrogen) atoms. The van der Waals surface area contributed by atoms with Crippen LogP contribution in [0.15, 0.2) is 121 Å². The van der Waals surface area contributed by atoms with E-state index in [0.717, 1.165) is 28.1 Å². The Labute approximate surface area is 203 Å². The molecule has 2 aliphatic heterocycles. The highest BCUT2D eigenvalue weighted by Gasteiger charge is 2.58. The Kier molecular flexibility index (Phi) is 4.96. The van der Waals surface area contributed by atoms with Crippen LogP contribution in [0.25, 0.3) is 5.70 Å². The van der Waals surface area contributed by atoms with Crippen molar-refractivity contribution >= 4 is 28.8 Å². The molecule has 1 atom stereocenters. The van der Waals surface area contributed by atoms with Crippen LogP contribution in [0.5, 0.6) is 0 Å². The number of ketones is 1. The van der Waals surface area contributed by atoms with Gasteiger partial charge in [-0.3, -0.25) is 9.59 Å². The second kappa shape index (κ2) is 8.29. The van der Waals surface area contributed by atoms with Crippen LogP contribution in [0.3, 0.4) is 0 Å². The molecule has 6 rings (SSSR count). The maximum absolute atomic E-state index is 13.9. The van der Waals surface area contributed by atoms with Crippen LogP contribution in [-0.2, 0) is 21.8 Å². The fourth-order valence-electron chi connectivity index (χ4n) is 5.03. The summed E-state index contributed by atoms with van der Waals surface area (Å²) in [4.78, 5) is 29.3. The number of rotatable bonds is 4. The number of amides is 1. The van der Waals surface area contributed by atoms with Crippen LogP contribution >= 0.6 is 0 Å². The van der Waals surface area contributed by atoms with Crippen molar-refractivity contribution in [2.75, 3.05) is 10.6 Å². The molecule has 4 aromatic carbocycles. The third-order valence-corrected chi connectivity index (χ3v) is 6.62. The topological polar surface area (TPSA) is 61.4 Å². The average molecular weight is 458 g/mol. The Morgan fingerprint density at radius 1 is 0.657 bits per heavy atom. The van der Waals surface area contributed by atoms with Crippen molar-refractivity contribution in [3.63, 3.8) is 0 Å². The molecule has 5 heteroatoms. The maximum atomic E-state index is 13.9. The number of Topliss-reactive ketones (excluding diaryl/α,β-unsaturated/α-hetero) is 1. The van der Waals surface area contributed by atoms with E-state index in [-0.39, 0.29) is 6.54 Å². The molecule has 1 amide bonds. The lowest BCUT2D eigenvalue weighted by molar-refractivity contribution is -0.141. The van der Waals surface area contributed by atoms with E-state index in [4.69, 9.17) is 0 Å². The summed E-state index contributed by atoms with van der Waals surface area (Å²) in [5.41, 5.74) is 4.06. The van der Waals surface area contributed by atoms with Crippen molar-refractivity contribution in [2.24, 2.45) is 0 Å². The van der Waals surface area contributed by atoms with Crippen LogP contribution in [0.2, 0.25) is 0 Å². The summed E-state index contributed by atoms with van der Waals surface area (Å²) in [5, 5.41) is 7.14. The first-order valence-corrected chi connectivity index (χ1v) is 11.6. The van der Waals surface area contributed by atoms with Gasteiger partial charge < -0.3 is 15.5 Å². The predicted octanol–water partition coefficient (Wildman–Crippen LogP) is 5.40. The smallest absolute Gasteiger partial charge is 0.297 e. The second-order valence-corrected chi connectivity index (χ2v) is 8.69. The van der Waals surface area contributed by atoms with Gasteiger partial charge >= 0.3 is 0 Å². The number of carbonyl (C=O) groups is 2. The summed E-state index contributed by atoms with van der Waals surface area (Å²) >= 11 is 0. The van der Waals surface area contributed by atoms with Crippen LogP contribution in [-0.4, -0.2) is 16.6 Å². The molecule has 0 spiro atoms. The quantitative estimate of drug-likeness (QED) is 0.403. The highest BCUT2D eigenvalue weighted by molar-refractivity contribution is 6.48. The molecular weight excluding hydrogens is 434 g/mol. The average Bonchev–Trinajstić information content (AvgIpc) is 3.04. The molecule has 0 aliphatic carbocycles. The van der Waals surface area contributed by atoms with Crippen molar-refractivity contribution in [2.45, 2.75) is 12.2 Å². The zero-order valence-electron chi connectivity index (χ0n) is 18.9. The van der Waals surface area contributed by atoms with Gasteiger partial charge in [-0.25, -0.2) is 0 Å². The predicted molar refractivity (Wildman–Crippen MR) is 137 cm³/mol. The molecule has 2 N–H and O–H groups in total. The number of nitrogens with one attached hydrogen (secondary N) is 2. The summed E-state index contributed by atoms with van der Waals surface area (Å²) in [7, 11) is 0. The third kappa shape index (κ3) is 3.32. The minimum Gasteiger partial charge on any atom is -0.353 e. The van der Waals surface area contributed by atoms with E-state index in [2.05, 4.69) is 10.6 Å². The Morgan fingerprint density at radius 2 is 1.23 bits per heavy atom. The van der Waals surface area contributed by atoms with Gasteiger partial charge in [-0.15, -0.1) is 0 Å².